The van der Waals surface area contributed by atoms with Crippen molar-refractivity contribution in [3.8, 4) is 0 Å². The van der Waals surface area contributed by atoms with Crippen LogP contribution >= 0.6 is 0 Å². The van der Waals surface area contributed by atoms with Crippen molar-refractivity contribution in [3.05, 3.63) is 35.4 Å². The number of unbranched alkanes of at least 4 members (excludes halogenated alkanes) is 1. The van der Waals surface area contributed by atoms with E-state index < -0.39 is 0 Å². The van der Waals surface area contributed by atoms with Crippen LogP contribution in [0.4, 0.5) is 0 Å². The van der Waals surface area contributed by atoms with Gasteiger partial charge in [-0.25, -0.2) is 0 Å². The summed E-state index contributed by atoms with van der Waals surface area (Å²) < 4.78 is 0. The second kappa shape index (κ2) is 6.18. The summed E-state index contributed by atoms with van der Waals surface area (Å²) in [6, 6.07) is 9.62. The van der Waals surface area contributed by atoms with Crippen LogP contribution in [0.1, 0.15) is 42.9 Å². The number of rotatable bonds is 5. The molecule has 1 heterocycles. The minimum absolute atomic E-state index is 0.646. The fraction of sp³-hybridized carbons (Fsp3) is 0.600. The zero-order valence-corrected chi connectivity index (χ0v) is 10.9. The zero-order chi connectivity index (χ0) is 12.1. The van der Waals surface area contributed by atoms with Crippen LogP contribution in [0.5, 0.6) is 0 Å². The summed E-state index contributed by atoms with van der Waals surface area (Å²) >= 11 is 0. The molecule has 1 aromatic rings. The van der Waals surface area contributed by atoms with Gasteiger partial charge in [-0.15, -0.1) is 0 Å². The molecule has 0 bridgehead atoms. The average molecular weight is 232 g/mol. The van der Waals surface area contributed by atoms with E-state index in [4.69, 9.17) is 5.73 Å². The van der Waals surface area contributed by atoms with E-state index in [9.17, 15) is 0 Å². The molecule has 0 saturated carbocycles. The highest BCUT2D eigenvalue weighted by molar-refractivity contribution is 5.25. The molecule has 0 aliphatic carbocycles. The molecule has 2 nitrogen and oxygen atoms in total. The molecule has 2 heteroatoms. The summed E-state index contributed by atoms with van der Waals surface area (Å²) in [5.41, 5.74) is 8.43. The van der Waals surface area contributed by atoms with E-state index in [0.29, 0.717) is 6.04 Å². The molecular formula is C15H24N2. The Kier molecular flexibility index (Phi) is 4.57. The molecule has 1 aliphatic heterocycles. The fourth-order valence-electron chi connectivity index (χ4n) is 2.81. The summed E-state index contributed by atoms with van der Waals surface area (Å²) in [6.07, 6.45) is 5.03. The molecule has 1 unspecified atom stereocenters. The Balaban J connectivity index is 1.99. The Bertz CT molecular complexity index is 349. The SMILES string of the molecule is Cc1cccc(C2CCCN2CCCCN)c1. The molecule has 1 aliphatic rings. The Hall–Kier alpha value is -0.860. The molecule has 1 atom stereocenters. The van der Waals surface area contributed by atoms with E-state index in [0.717, 1.165) is 13.0 Å². The number of nitrogens with zero attached hydrogens (tertiary/aromatic N) is 1. The van der Waals surface area contributed by atoms with Crippen LogP contribution in [0.3, 0.4) is 0 Å². The smallest absolute Gasteiger partial charge is 0.0348 e. The van der Waals surface area contributed by atoms with Gasteiger partial charge in [0, 0.05) is 6.04 Å². The molecule has 1 saturated heterocycles. The molecule has 0 spiro atoms. The summed E-state index contributed by atoms with van der Waals surface area (Å²) in [4.78, 5) is 2.63. The minimum atomic E-state index is 0.646. The number of nitrogens with two attached hydrogens (primary N) is 1. The quantitative estimate of drug-likeness (QED) is 0.791. The second-order valence-electron chi connectivity index (χ2n) is 5.10. The number of benzene rings is 1. The van der Waals surface area contributed by atoms with Crippen molar-refractivity contribution in [1.29, 1.82) is 0 Å². The molecule has 2 N–H and O–H groups in total. The van der Waals surface area contributed by atoms with Gasteiger partial charge < -0.3 is 5.73 Å². The normalized spacial score (nSPS) is 20.9. The lowest BCUT2D eigenvalue weighted by Gasteiger charge is -2.25. The van der Waals surface area contributed by atoms with Crippen LogP contribution in [0.2, 0.25) is 0 Å². The van der Waals surface area contributed by atoms with Crippen molar-refractivity contribution < 1.29 is 0 Å². The van der Waals surface area contributed by atoms with E-state index in [2.05, 4.69) is 36.1 Å². The maximum Gasteiger partial charge on any atom is 0.0348 e. The first-order valence-corrected chi connectivity index (χ1v) is 6.82. The van der Waals surface area contributed by atoms with Gasteiger partial charge in [0.05, 0.1) is 0 Å². The Morgan fingerprint density at radius 2 is 2.24 bits per heavy atom. The van der Waals surface area contributed by atoms with Gasteiger partial charge in [-0.3, -0.25) is 4.90 Å². The molecule has 0 aromatic heterocycles. The molecule has 2 rings (SSSR count). The summed E-state index contributed by atoms with van der Waals surface area (Å²) in [5.74, 6) is 0. The van der Waals surface area contributed by atoms with Gasteiger partial charge in [0.2, 0.25) is 0 Å². The van der Waals surface area contributed by atoms with E-state index in [1.807, 2.05) is 0 Å². The monoisotopic (exact) mass is 232 g/mol. The lowest BCUT2D eigenvalue weighted by atomic mass is 10.0. The third-order valence-corrected chi connectivity index (χ3v) is 3.69. The third-order valence-electron chi connectivity index (χ3n) is 3.69. The van der Waals surface area contributed by atoms with Crippen LogP contribution in [0, 0.1) is 6.92 Å². The predicted octanol–water partition coefficient (Wildman–Crippen LogP) is 2.87. The van der Waals surface area contributed by atoms with E-state index in [1.54, 1.807) is 0 Å². The second-order valence-corrected chi connectivity index (χ2v) is 5.10. The highest BCUT2D eigenvalue weighted by atomic mass is 15.2. The molecule has 17 heavy (non-hydrogen) atoms. The maximum atomic E-state index is 5.56. The molecule has 0 radical (unpaired) electrons. The summed E-state index contributed by atoms with van der Waals surface area (Å²) in [5, 5.41) is 0. The van der Waals surface area contributed by atoms with Gasteiger partial charge in [-0.2, -0.15) is 0 Å². The van der Waals surface area contributed by atoms with Crippen LogP contribution in [0.25, 0.3) is 0 Å². The predicted molar refractivity (Wildman–Crippen MR) is 73.0 cm³/mol. The zero-order valence-electron chi connectivity index (χ0n) is 10.9. The lowest BCUT2D eigenvalue weighted by molar-refractivity contribution is 0.252. The van der Waals surface area contributed by atoms with Crippen molar-refractivity contribution in [2.24, 2.45) is 5.73 Å². The number of hydrogen-bond donors (Lipinski definition) is 1. The van der Waals surface area contributed by atoms with Gasteiger partial charge in [-0.1, -0.05) is 29.8 Å². The standard InChI is InChI=1S/C15H24N2/c1-13-6-4-7-14(12-13)15-8-5-11-17(15)10-3-2-9-16/h4,6-7,12,15H,2-3,5,8-11,16H2,1H3. The maximum absolute atomic E-state index is 5.56. The molecule has 0 amide bonds. The molecular weight excluding hydrogens is 208 g/mol. The first-order chi connectivity index (χ1) is 8.31. The first kappa shape index (κ1) is 12.6. The minimum Gasteiger partial charge on any atom is -0.330 e. The van der Waals surface area contributed by atoms with Crippen LogP contribution in [-0.4, -0.2) is 24.5 Å². The lowest BCUT2D eigenvalue weighted by Crippen LogP contribution is -2.24. The largest absolute Gasteiger partial charge is 0.330 e. The van der Waals surface area contributed by atoms with Crippen LogP contribution in [0.15, 0.2) is 24.3 Å². The topological polar surface area (TPSA) is 29.3 Å². The Morgan fingerprint density at radius 3 is 3.00 bits per heavy atom. The van der Waals surface area contributed by atoms with Crippen LogP contribution in [-0.2, 0) is 0 Å². The highest BCUT2D eigenvalue weighted by Crippen LogP contribution is 2.32. The Labute approximate surface area is 105 Å². The van der Waals surface area contributed by atoms with Crippen molar-refractivity contribution in [1.82, 2.24) is 4.90 Å². The van der Waals surface area contributed by atoms with Crippen molar-refractivity contribution in [2.75, 3.05) is 19.6 Å². The summed E-state index contributed by atoms with van der Waals surface area (Å²) in [7, 11) is 0. The fourth-order valence-corrected chi connectivity index (χ4v) is 2.81. The van der Waals surface area contributed by atoms with Crippen molar-refractivity contribution in [3.63, 3.8) is 0 Å². The van der Waals surface area contributed by atoms with Gasteiger partial charge in [0.15, 0.2) is 0 Å². The molecule has 94 valence electrons. The number of aryl methyl sites for hydroxylation is 1. The first-order valence-electron chi connectivity index (χ1n) is 6.82. The Morgan fingerprint density at radius 1 is 1.35 bits per heavy atom. The number of likely N-dealkylation sites (tertiary alicyclic amines) is 1. The van der Waals surface area contributed by atoms with E-state index >= 15 is 0 Å². The average Bonchev–Trinajstić information content (AvgIpc) is 2.78. The summed E-state index contributed by atoms with van der Waals surface area (Å²) in [6.45, 7) is 5.46. The van der Waals surface area contributed by atoms with Gasteiger partial charge in [0.1, 0.15) is 0 Å². The van der Waals surface area contributed by atoms with Gasteiger partial charge in [-0.05, 0) is 57.8 Å². The molecule has 1 fully saturated rings. The van der Waals surface area contributed by atoms with E-state index in [-0.39, 0.29) is 0 Å². The van der Waals surface area contributed by atoms with Crippen molar-refractivity contribution in [2.45, 2.75) is 38.6 Å². The highest BCUT2D eigenvalue weighted by Gasteiger charge is 2.25. The molecule has 1 aromatic carbocycles. The van der Waals surface area contributed by atoms with Crippen LogP contribution < -0.4 is 5.73 Å². The number of hydrogen-bond acceptors (Lipinski definition) is 2. The third kappa shape index (κ3) is 3.30. The van der Waals surface area contributed by atoms with Gasteiger partial charge >= 0.3 is 0 Å². The van der Waals surface area contributed by atoms with Gasteiger partial charge in [0.25, 0.3) is 0 Å². The van der Waals surface area contributed by atoms with E-state index in [1.165, 1.54) is 43.5 Å². The van der Waals surface area contributed by atoms with Crippen molar-refractivity contribution >= 4 is 0 Å².